The highest BCUT2D eigenvalue weighted by atomic mass is 35.5. The van der Waals surface area contributed by atoms with Crippen LogP contribution >= 0.6 is 34.8 Å². The molecule has 2 rings (SSSR count). The Kier molecular flexibility index (Phi) is 6.25. The monoisotopic (exact) mass is 375 g/mol. The molecule has 1 atom stereocenters. The molecule has 1 unspecified atom stereocenters. The Balaban J connectivity index is 1.95. The molecule has 0 heterocycles. The first-order valence-electron chi connectivity index (χ1n) is 6.86. The molecule has 1 amide bonds. The number of benzene rings is 2. The molecular weight excluding hydrogens is 362 g/mol. The van der Waals surface area contributed by atoms with E-state index in [4.69, 9.17) is 34.8 Å². The van der Waals surface area contributed by atoms with Crippen molar-refractivity contribution in [1.82, 2.24) is 0 Å². The minimum Gasteiger partial charge on any atom is -0.326 e. The Labute approximate surface area is 148 Å². The number of nitrogens with one attached hydrogen (secondary N) is 2. The van der Waals surface area contributed by atoms with Crippen molar-refractivity contribution in [1.29, 1.82) is 0 Å². The van der Waals surface area contributed by atoms with E-state index >= 15 is 0 Å². The van der Waals surface area contributed by atoms with Gasteiger partial charge in [0.05, 0.1) is 27.7 Å². The number of hydrogen-bond donors (Lipinski definition) is 2. The number of halogens is 4. The molecule has 0 spiro atoms. The van der Waals surface area contributed by atoms with Crippen molar-refractivity contribution in [2.24, 2.45) is 0 Å². The van der Waals surface area contributed by atoms with Crippen LogP contribution in [0, 0.1) is 5.82 Å². The minimum atomic E-state index is -0.373. The number of quaternary nitrogens is 1. The lowest BCUT2D eigenvalue weighted by Gasteiger charge is -2.15. The Hall–Kier alpha value is -1.33. The number of carbonyl (C=O) groups excluding carboxylic acids is 1. The number of hydrogen-bond acceptors (Lipinski definition) is 1. The molecule has 23 heavy (non-hydrogen) atoms. The van der Waals surface area contributed by atoms with Gasteiger partial charge < -0.3 is 10.2 Å². The Morgan fingerprint density at radius 3 is 2.52 bits per heavy atom. The van der Waals surface area contributed by atoms with Gasteiger partial charge in [-0.25, -0.2) is 4.39 Å². The summed E-state index contributed by atoms with van der Waals surface area (Å²) >= 11 is 17.7. The molecule has 0 aliphatic heterocycles. The van der Waals surface area contributed by atoms with Crippen LogP contribution in [0.5, 0.6) is 0 Å². The molecule has 2 N–H and O–H groups in total. The summed E-state index contributed by atoms with van der Waals surface area (Å²) in [6.45, 7) is 0.464. The first kappa shape index (κ1) is 18.0. The van der Waals surface area contributed by atoms with Crippen molar-refractivity contribution in [2.45, 2.75) is 6.54 Å². The molecule has 0 aromatic heterocycles. The van der Waals surface area contributed by atoms with E-state index in [2.05, 4.69) is 5.32 Å². The normalized spacial score (nSPS) is 12.0. The average molecular weight is 377 g/mol. The highest BCUT2D eigenvalue weighted by Crippen LogP contribution is 2.24. The smallest absolute Gasteiger partial charge is 0.279 e. The molecule has 0 radical (unpaired) electrons. The molecule has 2 aromatic rings. The van der Waals surface area contributed by atoms with Crippen LogP contribution in [0.15, 0.2) is 36.4 Å². The van der Waals surface area contributed by atoms with Crippen LogP contribution in [0.4, 0.5) is 10.1 Å². The second kappa shape index (κ2) is 7.97. The van der Waals surface area contributed by atoms with Crippen LogP contribution in [0.1, 0.15) is 5.56 Å². The second-order valence-corrected chi connectivity index (χ2v) is 6.41. The fourth-order valence-corrected chi connectivity index (χ4v) is 2.65. The van der Waals surface area contributed by atoms with E-state index in [1.54, 1.807) is 37.4 Å². The maximum atomic E-state index is 13.8. The predicted molar refractivity (Wildman–Crippen MR) is 92.0 cm³/mol. The molecule has 3 nitrogen and oxygen atoms in total. The van der Waals surface area contributed by atoms with Gasteiger partial charge in [-0.15, -0.1) is 0 Å². The van der Waals surface area contributed by atoms with E-state index in [1.165, 1.54) is 6.07 Å². The van der Waals surface area contributed by atoms with Crippen molar-refractivity contribution in [2.75, 3.05) is 18.9 Å². The van der Waals surface area contributed by atoms with Gasteiger partial charge in [-0.2, -0.15) is 0 Å². The third-order valence-corrected chi connectivity index (χ3v) is 4.30. The lowest BCUT2D eigenvalue weighted by Crippen LogP contribution is -3.08. The van der Waals surface area contributed by atoms with Crippen molar-refractivity contribution < 1.29 is 14.1 Å². The molecule has 0 fully saturated rings. The van der Waals surface area contributed by atoms with Crippen molar-refractivity contribution in [3.63, 3.8) is 0 Å². The Bertz CT molecular complexity index is 704. The van der Waals surface area contributed by atoms with Gasteiger partial charge >= 0.3 is 0 Å². The standard InChI is InChI=1S/C16H14Cl3FN2O/c1-22(8-11-12(17)3-2-4-15(11)20)9-16(23)21-10-5-6-13(18)14(19)7-10/h2-7H,8-9H2,1H3,(H,21,23)/p+1. The third kappa shape index (κ3) is 5.08. The van der Waals surface area contributed by atoms with Gasteiger partial charge in [0.15, 0.2) is 6.54 Å². The molecule has 122 valence electrons. The van der Waals surface area contributed by atoms with Gasteiger partial charge in [0.1, 0.15) is 12.4 Å². The summed E-state index contributed by atoms with van der Waals surface area (Å²) in [7, 11) is 1.79. The SMILES string of the molecule is C[NH+](CC(=O)Nc1ccc(Cl)c(Cl)c1)Cc1c(F)cccc1Cl. The van der Waals surface area contributed by atoms with E-state index in [9.17, 15) is 9.18 Å². The van der Waals surface area contributed by atoms with Crippen molar-refractivity contribution in [3.8, 4) is 0 Å². The first-order chi connectivity index (χ1) is 10.9. The van der Waals surface area contributed by atoms with Gasteiger partial charge in [0.25, 0.3) is 5.91 Å². The molecule has 7 heteroatoms. The summed E-state index contributed by atoms with van der Waals surface area (Å²) in [6.07, 6.45) is 0. The van der Waals surface area contributed by atoms with E-state index in [0.717, 1.165) is 4.90 Å². The largest absolute Gasteiger partial charge is 0.326 e. The fraction of sp³-hybridized carbons (Fsp3) is 0.188. The maximum Gasteiger partial charge on any atom is 0.279 e. The number of amides is 1. The van der Waals surface area contributed by atoms with Crippen molar-refractivity contribution in [3.05, 3.63) is 62.8 Å². The highest BCUT2D eigenvalue weighted by molar-refractivity contribution is 6.42. The predicted octanol–water partition coefficient (Wildman–Crippen LogP) is 3.44. The summed E-state index contributed by atoms with van der Waals surface area (Å²) in [5.41, 5.74) is 0.954. The lowest BCUT2D eigenvalue weighted by molar-refractivity contribution is -0.885. The zero-order chi connectivity index (χ0) is 17.0. The molecule has 0 bridgehead atoms. The minimum absolute atomic E-state index is 0.158. The van der Waals surface area contributed by atoms with Crippen molar-refractivity contribution >= 4 is 46.4 Å². The van der Waals surface area contributed by atoms with Gasteiger partial charge in [-0.3, -0.25) is 4.79 Å². The van der Waals surface area contributed by atoms with Crippen LogP contribution in [0.25, 0.3) is 0 Å². The fourth-order valence-electron chi connectivity index (χ4n) is 2.12. The summed E-state index contributed by atoms with van der Waals surface area (Å²) in [5, 5.41) is 3.86. The second-order valence-electron chi connectivity index (χ2n) is 5.19. The number of anilines is 1. The van der Waals surface area contributed by atoms with Gasteiger partial charge in [0.2, 0.25) is 0 Å². The van der Waals surface area contributed by atoms with E-state index < -0.39 is 0 Å². The molecule has 2 aromatic carbocycles. The summed E-state index contributed by atoms with van der Waals surface area (Å²) in [5.74, 6) is -0.588. The molecule has 0 saturated carbocycles. The topological polar surface area (TPSA) is 33.5 Å². The zero-order valence-electron chi connectivity index (χ0n) is 12.3. The Morgan fingerprint density at radius 1 is 1.13 bits per heavy atom. The summed E-state index contributed by atoms with van der Waals surface area (Å²) in [4.78, 5) is 12.8. The average Bonchev–Trinajstić information content (AvgIpc) is 2.47. The maximum absolute atomic E-state index is 13.8. The number of likely N-dealkylation sites (N-methyl/N-ethyl adjacent to an activating group) is 1. The quantitative estimate of drug-likeness (QED) is 0.823. The number of rotatable bonds is 5. The molecule has 0 aliphatic rings. The van der Waals surface area contributed by atoms with Crippen LogP contribution in [0.3, 0.4) is 0 Å². The highest BCUT2D eigenvalue weighted by Gasteiger charge is 2.15. The molecule has 0 saturated heterocycles. The van der Waals surface area contributed by atoms with Crippen LogP contribution < -0.4 is 10.2 Å². The van der Waals surface area contributed by atoms with Gasteiger partial charge in [-0.1, -0.05) is 40.9 Å². The first-order valence-corrected chi connectivity index (χ1v) is 7.99. The van der Waals surface area contributed by atoms with Crippen LogP contribution in [-0.2, 0) is 11.3 Å². The summed E-state index contributed by atoms with van der Waals surface area (Å²) in [6, 6.07) is 9.37. The Morgan fingerprint density at radius 2 is 1.87 bits per heavy atom. The molecular formula is C16H15Cl3FN2O+. The lowest BCUT2D eigenvalue weighted by atomic mass is 10.2. The van der Waals surface area contributed by atoms with Crippen LogP contribution in [0.2, 0.25) is 15.1 Å². The van der Waals surface area contributed by atoms with E-state index in [1.807, 2.05) is 0 Å². The summed E-state index contributed by atoms with van der Waals surface area (Å²) < 4.78 is 13.8. The van der Waals surface area contributed by atoms with Gasteiger partial charge in [0, 0.05) is 5.69 Å². The zero-order valence-corrected chi connectivity index (χ0v) is 14.6. The third-order valence-electron chi connectivity index (χ3n) is 3.21. The van der Waals surface area contributed by atoms with E-state index in [-0.39, 0.29) is 18.3 Å². The van der Waals surface area contributed by atoms with E-state index in [0.29, 0.717) is 32.9 Å². The van der Waals surface area contributed by atoms with Crippen LogP contribution in [-0.4, -0.2) is 19.5 Å². The molecule has 0 aliphatic carbocycles. The number of carbonyl (C=O) groups is 1. The van der Waals surface area contributed by atoms with Gasteiger partial charge in [-0.05, 0) is 30.3 Å².